The van der Waals surface area contributed by atoms with Crippen LogP contribution in [0.3, 0.4) is 0 Å². The van der Waals surface area contributed by atoms with Gasteiger partial charge < -0.3 is 5.32 Å². The van der Waals surface area contributed by atoms with Crippen molar-refractivity contribution in [3.63, 3.8) is 0 Å². The van der Waals surface area contributed by atoms with Crippen LogP contribution in [0.2, 0.25) is 0 Å². The summed E-state index contributed by atoms with van der Waals surface area (Å²) < 4.78 is 0. The van der Waals surface area contributed by atoms with Gasteiger partial charge in [0.25, 0.3) is 0 Å². The van der Waals surface area contributed by atoms with Gasteiger partial charge in [-0.1, -0.05) is 18.2 Å². The SMILES string of the molecule is C=C(C)CNc1ccc(C)cn1. The zero-order valence-electron chi connectivity index (χ0n) is 7.59. The quantitative estimate of drug-likeness (QED) is 0.690. The first kappa shape index (κ1) is 8.78. The molecular formula is C10H14N2. The lowest BCUT2D eigenvalue weighted by atomic mass is 10.3. The number of rotatable bonds is 3. The van der Waals surface area contributed by atoms with Gasteiger partial charge in [0.05, 0.1) is 0 Å². The molecule has 12 heavy (non-hydrogen) atoms. The van der Waals surface area contributed by atoms with Crippen molar-refractivity contribution in [1.29, 1.82) is 0 Å². The van der Waals surface area contributed by atoms with Crippen molar-refractivity contribution in [3.8, 4) is 0 Å². The summed E-state index contributed by atoms with van der Waals surface area (Å²) >= 11 is 0. The van der Waals surface area contributed by atoms with Gasteiger partial charge >= 0.3 is 0 Å². The van der Waals surface area contributed by atoms with E-state index in [1.54, 1.807) is 0 Å². The van der Waals surface area contributed by atoms with E-state index < -0.39 is 0 Å². The van der Waals surface area contributed by atoms with Gasteiger partial charge in [-0.05, 0) is 25.5 Å². The van der Waals surface area contributed by atoms with E-state index in [-0.39, 0.29) is 0 Å². The van der Waals surface area contributed by atoms with Gasteiger partial charge in [0.15, 0.2) is 0 Å². The summed E-state index contributed by atoms with van der Waals surface area (Å²) in [6, 6.07) is 4.01. The van der Waals surface area contributed by atoms with Gasteiger partial charge in [-0.25, -0.2) is 4.98 Å². The van der Waals surface area contributed by atoms with Crippen LogP contribution in [0.5, 0.6) is 0 Å². The van der Waals surface area contributed by atoms with Crippen molar-refractivity contribution in [3.05, 3.63) is 36.0 Å². The van der Waals surface area contributed by atoms with Crippen LogP contribution in [-0.4, -0.2) is 11.5 Å². The van der Waals surface area contributed by atoms with Crippen molar-refractivity contribution in [2.75, 3.05) is 11.9 Å². The average Bonchev–Trinajstić information content (AvgIpc) is 2.03. The molecule has 0 atom stereocenters. The van der Waals surface area contributed by atoms with E-state index in [2.05, 4.69) is 16.9 Å². The molecule has 0 aromatic carbocycles. The second-order valence-corrected chi connectivity index (χ2v) is 3.03. The third kappa shape index (κ3) is 2.74. The first-order valence-corrected chi connectivity index (χ1v) is 3.99. The molecule has 0 saturated heterocycles. The van der Waals surface area contributed by atoms with Crippen molar-refractivity contribution in [2.24, 2.45) is 0 Å². The molecule has 0 spiro atoms. The maximum atomic E-state index is 4.20. The Labute approximate surface area is 73.3 Å². The largest absolute Gasteiger partial charge is 0.366 e. The first-order valence-electron chi connectivity index (χ1n) is 3.99. The molecule has 0 aliphatic carbocycles. The number of aryl methyl sites for hydroxylation is 1. The van der Waals surface area contributed by atoms with Crippen molar-refractivity contribution in [2.45, 2.75) is 13.8 Å². The molecule has 1 N–H and O–H groups in total. The number of hydrogen-bond donors (Lipinski definition) is 1. The topological polar surface area (TPSA) is 24.9 Å². The van der Waals surface area contributed by atoms with Crippen LogP contribution < -0.4 is 5.32 Å². The first-order chi connectivity index (χ1) is 5.68. The maximum absolute atomic E-state index is 4.20. The fourth-order valence-corrected chi connectivity index (χ4v) is 0.814. The summed E-state index contributed by atoms with van der Waals surface area (Å²) in [5.74, 6) is 0.906. The third-order valence-electron chi connectivity index (χ3n) is 1.48. The molecule has 1 aromatic heterocycles. The number of nitrogens with zero attached hydrogens (tertiary/aromatic N) is 1. The highest BCUT2D eigenvalue weighted by molar-refractivity contribution is 5.36. The summed E-state index contributed by atoms with van der Waals surface area (Å²) in [6.07, 6.45) is 1.85. The van der Waals surface area contributed by atoms with Crippen LogP contribution in [0.4, 0.5) is 5.82 Å². The molecule has 0 bridgehead atoms. The van der Waals surface area contributed by atoms with Crippen LogP contribution in [0.25, 0.3) is 0 Å². The van der Waals surface area contributed by atoms with Crippen molar-refractivity contribution < 1.29 is 0 Å². The molecule has 0 amide bonds. The Hall–Kier alpha value is -1.31. The molecule has 0 saturated carbocycles. The molecule has 0 radical (unpaired) electrons. The zero-order valence-corrected chi connectivity index (χ0v) is 7.59. The Bertz CT molecular complexity index is 262. The lowest BCUT2D eigenvalue weighted by Gasteiger charge is -2.04. The lowest BCUT2D eigenvalue weighted by molar-refractivity contribution is 1.16. The predicted molar refractivity (Wildman–Crippen MR) is 52.3 cm³/mol. The number of pyridine rings is 1. The second-order valence-electron chi connectivity index (χ2n) is 3.03. The average molecular weight is 162 g/mol. The molecule has 1 aromatic rings. The Morgan fingerprint density at radius 1 is 1.58 bits per heavy atom. The van der Waals surface area contributed by atoms with Crippen LogP contribution in [0.1, 0.15) is 12.5 Å². The minimum Gasteiger partial charge on any atom is -0.366 e. The Balaban J connectivity index is 2.53. The maximum Gasteiger partial charge on any atom is 0.126 e. The van der Waals surface area contributed by atoms with E-state index >= 15 is 0 Å². The summed E-state index contributed by atoms with van der Waals surface area (Å²) in [4.78, 5) is 4.20. The third-order valence-corrected chi connectivity index (χ3v) is 1.48. The van der Waals surface area contributed by atoms with Crippen molar-refractivity contribution in [1.82, 2.24) is 4.98 Å². The molecule has 0 aliphatic rings. The summed E-state index contributed by atoms with van der Waals surface area (Å²) in [5, 5.41) is 3.16. The number of anilines is 1. The van der Waals surface area contributed by atoms with Gasteiger partial charge in [0.1, 0.15) is 5.82 Å². The predicted octanol–water partition coefficient (Wildman–Crippen LogP) is 2.38. The molecule has 0 unspecified atom stereocenters. The van der Waals surface area contributed by atoms with Gasteiger partial charge in [0, 0.05) is 12.7 Å². The van der Waals surface area contributed by atoms with Crippen LogP contribution >= 0.6 is 0 Å². The molecule has 0 fully saturated rings. The molecule has 2 heteroatoms. The van der Waals surface area contributed by atoms with Crippen molar-refractivity contribution >= 4 is 5.82 Å². The van der Waals surface area contributed by atoms with E-state index in [9.17, 15) is 0 Å². The Morgan fingerprint density at radius 3 is 2.83 bits per heavy atom. The highest BCUT2D eigenvalue weighted by Gasteiger charge is 1.91. The highest BCUT2D eigenvalue weighted by atomic mass is 15.0. The Morgan fingerprint density at radius 2 is 2.33 bits per heavy atom. The molecule has 1 heterocycles. The van der Waals surface area contributed by atoms with Gasteiger partial charge in [-0.3, -0.25) is 0 Å². The zero-order chi connectivity index (χ0) is 8.97. The van der Waals surface area contributed by atoms with Crippen LogP contribution in [0.15, 0.2) is 30.5 Å². The van der Waals surface area contributed by atoms with E-state index in [1.165, 1.54) is 5.56 Å². The monoisotopic (exact) mass is 162 g/mol. The highest BCUT2D eigenvalue weighted by Crippen LogP contribution is 2.03. The Kier molecular flexibility index (Phi) is 2.86. The van der Waals surface area contributed by atoms with Gasteiger partial charge in [0.2, 0.25) is 0 Å². The van der Waals surface area contributed by atoms with E-state index in [0.29, 0.717) is 0 Å². The molecule has 64 valence electrons. The van der Waals surface area contributed by atoms with Gasteiger partial charge in [-0.15, -0.1) is 0 Å². The second kappa shape index (κ2) is 3.90. The number of aromatic nitrogens is 1. The fourth-order valence-electron chi connectivity index (χ4n) is 0.814. The summed E-state index contributed by atoms with van der Waals surface area (Å²) in [6.45, 7) is 8.60. The normalized spacial score (nSPS) is 9.50. The fraction of sp³-hybridized carbons (Fsp3) is 0.300. The molecular weight excluding hydrogens is 148 g/mol. The minimum absolute atomic E-state index is 0.788. The molecule has 1 rings (SSSR count). The standard InChI is InChI=1S/C10H14N2/c1-8(2)6-11-10-5-4-9(3)7-12-10/h4-5,7H,1,6H2,2-3H3,(H,11,12). The minimum atomic E-state index is 0.788. The van der Waals surface area contributed by atoms with Gasteiger partial charge in [-0.2, -0.15) is 0 Å². The molecule has 2 nitrogen and oxygen atoms in total. The summed E-state index contributed by atoms with van der Waals surface area (Å²) in [5.41, 5.74) is 2.29. The van der Waals surface area contributed by atoms with Crippen LogP contribution in [0, 0.1) is 6.92 Å². The molecule has 0 aliphatic heterocycles. The van der Waals surface area contributed by atoms with E-state index in [4.69, 9.17) is 0 Å². The van der Waals surface area contributed by atoms with E-state index in [0.717, 1.165) is 17.9 Å². The number of nitrogens with one attached hydrogen (secondary N) is 1. The number of hydrogen-bond acceptors (Lipinski definition) is 2. The lowest BCUT2D eigenvalue weighted by Crippen LogP contribution is -2.03. The smallest absolute Gasteiger partial charge is 0.126 e. The van der Waals surface area contributed by atoms with Crippen LogP contribution in [-0.2, 0) is 0 Å². The summed E-state index contributed by atoms with van der Waals surface area (Å²) in [7, 11) is 0. The van der Waals surface area contributed by atoms with E-state index in [1.807, 2.05) is 32.2 Å².